The number of fused-ring (bicyclic) bond motifs is 3. The van der Waals surface area contributed by atoms with Gasteiger partial charge in [-0.1, -0.05) is 176 Å². The highest BCUT2D eigenvalue weighted by Crippen LogP contribution is 2.42. The zero-order valence-corrected chi connectivity index (χ0v) is 34.8. The van der Waals surface area contributed by atoms with Crippen LogP contribution in [0.2, 0.25) is 0 Å². The average Bonchev–Trinajstić information content (AvgIpc) is 3.70. The van der Waals surface area contributed by atoms with E-state index in [4.69, 9.17) is 9.97 Å². The third kappa shape index (κ3) is 7.14. The van der Waals surface area contributed by atoms with E-state index in [0.29, 0.717) is 5.82 Å². The SMILES string of the molecule is CN(c1ccccc1)c1cccc(-c2ccc(-n3c4ccccc4c4cc(-c5cccc(-c6nc(-c7ccccc7)cc(-c7ccccc7)n6)c5)ccc43)cc2)c1-c1ccccc1. The van der Waals surface area contributed by atoms with Gasteiger partial charge in [-0.3, -0.25) is 0 Å². The highest BCUT2D eigenvalue weighted by Gasteiger charge is 2.19. The van der Waals surface area contributed by atoms with Crippen molar-refractivity contribution in [3.05, 3.63) is 237 Å². The fraction of sp³-hybridized carbons (Fsp3) is 0.0169. The molecule has 63 heavy (non-hydrogen) atoms. The van der Waals surface area contributed by atoms with E-state index in [-0.39, 0.29) is 0 Å². The van der Waals surface area contributed by atoms with Gasteiger partial charge in [0.2, 0.25) is 0 Å². The minimum atomic E-state index is 0.698. The zero-order chi connectivity index (χ0) is 42.1. The van der Waals surface area contributed by atoms with Crippen LogP contribution in [0.25, 0.3) is 94.8 Å². The summed E-state index contributed by atoms with van der Waals surface area (Å²) in [6, 6.07) is 83.9. The van der Waals surface area contributed by atoms with E-state index in [1.165, 1.54) is 33.0 Å². The molecule has 0 aliphatic rings. The van der Waals surface area contributed by atoms with E-state index < -0.39 is 0 Å². The molecule has 11 rings (SSSR count). The summed E-state index contributed by atoms with van der Waals surface area (Å²) < 4.78 is 2.39. The maximum Gasteiger partial charge on any atom is 0.160 e. The molecule has 0 aliphatic heterocycles. The lowest BCUT2D eigenvalue weighted by Gasteiger charge is -2.25. The highest BCUT2D eigenvalue weighted by atomic mass is 15.1. The molecule has 0 saturated carbocycles. The van der Waals surface area contributed by atoms with E-state index in [1.54, 1.807) is 0 Å². The Morgan fingerprint density at radius 3 is 1.57 bits per heavy atom. The summed E-state index contributed by atoms with van der Waals surface area (Å²) in [4.78, 5) is 12.5. The summed E-state index contributed by atoms with van der Waals surface area (Å²) in [7, 11) is 2.15. The van der Waals surface area contributed by atoms with Crippen LogP contribution in [0.3, 0.4) is 0 Å². The van der Waals surface area contributed by atoms with Gasteiger partial charge in [-0.25, -0.2) is 9.97 Å². The smallest absolute Gasteiger partial charge is 0.160 e. The van der Waals surface area contributed by atoms with Crippen LogP contribution in [0.5, 0.6) is 0 Å². The molecular weight excluding hydrogens is 765 g/mol. The molecule has 0 bridgehead atoms. The first-order chi connectivity index (χ1) is 31.2. The van der Waals surface area contributed by atoms with Crippen molar-refractivity contribution in [3.8, 4) is 73.0 Å². The first kappa shape index (κ1) is 37.6. The molecule has 0 unspecified atom stereocenters. The van der Waals surface area contributed by atoms with Crippen LogP contribution in [0.15, 0.2) is 237 Å². The van der Waals surface area contributed by atoms with E-state index in [1.807, 2.05) is 12.1 Å². The maximum atomic E-state index is 5.12. The third-order valence-corrected chi connectivity index (χ3v) is 12.0. The Bertz CT molecular complexity index is 3320. The molecule has 2 aromatic heterocycles. The Balaban J connectivity index is 0.978. The number of hydrogen-bond acceptors (Lipinski definition) is 3. The predicted octanol–water partition coefficient (Wildman–Crippen LogP) is 15.3. The van der Waals surface area contributed by atoms with Gasteiger partial charge in [0.1, 0.15) is 0 Å². The number of para-hydroxylation sites is 2. The molecule has 11 aromatic rings. The van der Waals surface area contributed by atoms with Crippen LogP contribution in [-0.2, 0) is 0 Å². The molecule has 0 amide bonds. The minimum Gasteiger partial charge on any atom is -0.344 e. The maximum absolute atomic E-state index is 5.12. The fourth-order valence-corrected chi connectivity index (χ4v) is 8.91. The van der Waals surface area contributed by atoms with Crippen LogP contribution >= 0.6 is 0 Å². The van der Waals surface area contributed by atoms with Gasteiger partial charge < -0.3 is 9.47 Å². The average molecular weight is 807 g/mol. The second-order valence-corrected chi connectivity index (χ2v) is 15.9. The highest BCUT2D eigenvalue weighted by molar-refractivity contribution is 6.10. The van der Waals surface area contributed by atoms with Gasteiger partial charge in [0.15, 0.2) is 5.82 Å². The summed E-state index contributed by atoms with van der Waals surface area (Å²) in [6.07, 6.45) is 0. The molecule has 0 N–H and O–H groups in total. The first-order valence-corrected chi connectivity index (χ1v) is 21.4. The van der Waals surface area contributed by atoms with Crippen LogP contribution < -0.4 is 4.90 Å². The van der Waals surface area contributed by atoms with Gasteiger partial charge in [-0.2, -0.15) is 0 Å². The molecule has 0 aliphatic carbocycles. The van der Waals surface area contributed by atoms with E-state index in [0.717, 1.165) is 67.3 Å². The molecule has 9 aromatic carbocycles. The number of hydrogen-bond donors (Lipinski definition) is 0. The predicted molar refractivity (Wildman–Crippen MR) is 263 cm³/mol. The van der Waals surface area contributed by atoms with Gasteiger partial charge in [-0.05, 0) is 88.5 Å². The Kier molecular flexibility index (Phi) is 9.72. The molecule has 0 radical (unpaired) electrons. The second kappa shape index (κ2) is 16.3. The summed E-state index contributed by atoms with van der Waals surface area (Å²) in [5.74, 6) is 0.698. The Morgan fingerprint density at radius 1 is 0.365 bits per heavy atom. The summed E-state index contributed by atoms with van der Waals surface area (Å²) in [5, 5.41) is 2.42. The largest absolute Gasteiger partial charge is 0.344 e. The van der Waals surface area contributed by atoms with Crippen molar-refractivity contribution in [1.29, 1.82) is 0 Å². The Labute approximate surface area is 367 Å². The normalized spacial score (nSPS) is 11.3. The number of benzene rings is 9. The molecule has 0 fully saturated rings. The lowest BCUT2D eigenvalue weighted by atomic mass is 9.92. The lowest BCUT2D eigenvalue weighted by Crippen LogP contribution is -2.11. The zero-order valence-electron chi connectivity index (χ0n) is 34.8. The van der Waals surface area contributed by atoms with Gasteiger partial charge in [0.05, 0.1) is 22.4 Å². The summed E-state index contributed by atoms with van der Waals surface area (Å²) >= 11 is 0. The van der Waals surface area contributed by atoms with Crippen molar-refractivity contribution in [1.82, 2.24) is 14.5 Å². The monoisotopic (exact) mass is 806 g/mol. The van der Waals surface area contributed by atoms with Crippen LogP contribution in [0, 0.1) is 0 Å². The van der Waals surface area contributed by atoms with Crippen molar-refractivity contribution < 1.29 is 0 Å². The standard InChI is InChI=1S/C59H42N4/c1-62(48-26-12-5-13-27-48)57-31-17-29-50(58(57)44-22-10-4-11-23-44)41-32-35-49(36-33-41)63-55-30-15-14-28-51(55)52-39-46(34-37-56(52)63)45-24-16-25-47(38-45)59-60-53(42-18-6-2-7-19-42)40-54(61-59)43-20-8-3-9-21-43/h2-40H,1H3. The number of rotatable bonds is 9. The van der Waals surface area contributed by atoms with Gasteiger partial charge >= 0.3 is 0 Å². The van der Waals surface area contributed by atoms with Crippen molar-refractivity contribution >= 4 is 33.2 Å². The second-order valence-electron chi connectivity index (χ2n) is 15.9. The molecule has 0 spiro atoms. The summed E-state index contributed by atoms with van der Waals surface area (Å²) in [5.41, 5.74) is 17.6. The number of nitrogens with zero attached hydrogens (tertiary/aromatic N) is 4. The van der Waals surface area contributed by atoms with Crippen molar-refractivity contribution in [2.75, 3.05) is 11.9 Å². The van der Waals surface area contributed by atoms with E-state index in [2.05, 4.69) is 241 Å². The van der Waals surface area contributed by atoms with Gasteiger partial charge in [-0.15, -0.1) is 0 Å². The number of aromatic nitrogens is 3. The Morgan fingerprint density at radius 2 is 0.889 bits per heavy atom. The third-order valence-electron chi connectivity index (χ3n) is 12.0. The first-order valence-electron chi connectivity index (χ1n) is 21.4. The van der Waals surface area contributed by atoms with Crippen molar-refractivity contribution in [2.24, 2.45) is 0 Å². The molecule has 0 saturated heterocycles. The van der Waals surface area contributed by atoms with Crippen molar-refractivity contribution in [2.45, 2.75) is 0 Å². The van der Waals surface area contributed by atoms with Gasteiger partial charge in [0.25, 0.3) is 0 Å². The lowest BCUT2D eigenvalue weighted by molar-refractivity contribution is 1.18. The quantitative estimate of drug-likeness (QED) is 0.146. The molecule has 0 atom stereocenters. The fourth-order valence-electron chi connectivity index (χ4n) is 8.91. The molecule has 4 heteroatoms. The van der Waals surface area contributed by atoms with Crippen LogP contribution in [-0.4, -0.2) is 21.6 Å². The Hall–Kier alpha value is -8.34. The van der Waals surface area contributed by atoms with Crippen LogP contribution in [0.1, 0.15) is 0 Å². The molecule has 2 heterocycles. The molecular formula is C59H42N4. The van der Waals surface area contributed by atoms with E-state index >= 15 is 0 Å². The van der Waals surface area contributed by atoms with Crippen LogP contribution in [0.4, 0.5) is 11.4 Å². The van der Waals surface area contributed by atoms with Gasteiger partial charge in [0, 0.05) is 57.1 Å². The molecule has 4 nitrogen and oxygen atoms in total. The minimum absolute atomic E-state index is 0.698. The summed E-state index contributed by atoms with van der Waals surface area (Å²) in [6.45, 7) is 0. The number of anilines is 2. The topological polar surface area (TPSA) is 34.0 Å². The van der Waals surface area contributed by atoms with E-state index in [9.17, 15) is 0 Å². The van der Waals surface area contributed by atoms with Crippen molar-refractivity contribution in [3.63, 3.8) is 0 Å². The molecule has 298 valence electrons.